The Morgan fingerprint density at radius 2 is 1.55 bits per heavy atom. The van der Waals surface area contributed by atoms with Crippen molar-refractivity contribution in [2.45, 2.75) is 0 Å². The van der Waals surface area contributed by atoms with Crippen LogP contribution >= 0.6 is 0 Å². The van der Waals surface area contributed by atoms with E-state index in [2.05, 4.69) is 21.4 Å². The molecule has 1 fully saturated rings. The Hall–Kier alpha value is -0.970. The van der Waals surface area contributed by atoms with Crippen LogP contribution in [0.3, 0.4) is 0 Å². The highest BCUT2D eigenvalue weighted by Gasteiger charge is 1.89. The van der Waals surface area contributed by atoms with E-state index in [0.717, 1.165) is 13.1 Å². The van der Waals surface area contributed by atoms with Crippen molar-refractivity contribution in [2.75, 3.05) is 13.1 Å². The summed E-state index contributed by atoms with van der Waals surface area (Å²) in [4.78, 5) is 3.78. The first-order valence-corrected chi connectivity index (χ1v) is 3.56. The fourth-order valence-corrected chi connectivity index (χ4v) is 0.625. The molecule has 1 aromatic heterocycles. The van der Waals surface area contributed by atoms with Crippen LogP contribution in [0.5, 0.6) is 0 Å². The number of hydrogen-bond acceptors (Lipinski definition) is 4. The van der Waals surface area contributed by atoms with E-state index in [1.54, 1.807) is 12.4 Å². The summed E-state index contributed by atoms with van der Waals surface area (Å²) in [5, 5.41) is 0. The smallest absolute Gasteiger partial charge is 0.0267 e. The molecule has 0 radical (unpaired) electrons. The van der Waals surface area contributed by atoms with Crippen LogP contribution < -0.4 is 16.4 Å². The Labute approximate surface area is 66.0 Å². The van der Waals surface area contributed by atoms with Crippen LogP contribution in [0.1, 0.15) is 0 Å². The van der Waals surface area contributed by atoms with Crippen LogP contribution in [0.25, 0.3) is 0 Å². The summed E-state index contributed by atoms with van der Waals surface area (Å²) in [6.45, 7) is 2.06. The third-order valence-corrected chi connectivity index (χ3v) is 1.12. The quantitative estimate of drug-likeness (QED) is 0.477. The van der Waals surface area contributed by atoms with Gasteiger partial charge in [-0.3, -0.25) is 4.98 Å². The lowest BCUT2D eigenvalue weighted by Gasteiger charge is -1.82. The molecule has 3 N–H and O–H groups in total. The van der Waals surface area contributed by atoms with Crippen molar-refractivity contribution in [1.82, 2.24) is 21.4 Å². The highest BCUT2D eigenvalue weighted by atomic mass is 15.6. The second kappa shape index (κ2) is 5.79. The van der Waals surface area contributed by atoms with Gasteiger partial charge in [0, 0.05) is 25.5 Å². The monoisotopic (exact) mass is 152 g/mol. The first kappa shape index (κ1) is 8.13. The average Bonchev–Trinajstić information content (AvgIpc) is 2.64. The van der Waals surface area contributed by atoms with Crippen molar-refractivity contribution < 1.29 is 0 Å². The lowest BCUT2D eigenvalue weighted by Crippen LogP contribution is -2.29. The molecular formula is C7H12N4. The van der Waals surface area contributed by atoms with E-state index < -0.39 is 0 Å². The highest BCUT2D eigenvalue weighted by Crippen LogP contribution is 1.73. The van der Waals surface area contributed by atoms with Gasteiger partial charge in [-0.05, 0) is 12.1 Å². The number of pyridine rings is 1. The molecule has 1 aromatic rings. The molecule has 11 heavy (non-hydrogen) atoms. The molecule has 0 spiro atoms. The maximum atomic E-state index is 3.78. The van der Waals surface area contributed by atoms with E-state index in [-0.39, 0.29) is 0 Å². The molecule has 0 aromatic carbocycles. The maximum Gasteiger partial charge on any atom is 0.0267 e. The number of hydrazine groups is 2. The van der Waals surface area contributed by atoms with Crippen LogP contribution in [0, 0.1) is 0 Å². The van der Waals surface area contributed by atoms with Gasteiger partial charge in [-0.25, -0.2) is 10.9 Å². The first-order valence-electron chi connectivity index (χ1n) is 3.56. The summed E-state index contributed by atoms with van der Waals surface area (Å²) in [7, 11) is 0. The molecule has 0 atom stereocenters. The van der Waals surface area contributed by atoms with Gasteiger partial charge in [-0.2, -0.15) is 5.53 Å². The van der Waals surface area contributed by atoms with Gasteiger partial charge in [0.05, 0.1) is 0 Å². The SMILES string of the molecule is C1CNNN1.c1ccncc1. The van der Waals surface area contributed by atoms with Gasteiger partial charge >= 0.3 is 0 Å². The van der Waals surface area contributed by atoms with Gasteiger partial charge < -0.3 is 0 Å². The number of nitrogens with one attached hydrogen (secondary N) is 3. The standard InChI is InChI=1S/C5H5N.C2H7N3/c1-2-4-6-5-3-1;1-2-4-5-3-1/h1-5H;3-5H,1-2H2. The molecule has 1 aliphatic heterocycles. The summed E-state index contributed by atoms with van der Waals surface area (Å²) >= 11 is 0. The molecule has 2 heterocycles. The maximum absolute atomic E-state index is 3.78. The molecule has 60 valence electrons. The van der Waals surface area contributed by atoms with Gasteiger partial charge in [0.25, 0.3) is 0 Å². The van der Waals surface area contributed by atoms with Crippen molar-refractivity contribution in [1.29, 1.82) is 0 Å². The van der Waals surface area contributed by atoms with Crippen LogP contribution in [0.4, 0.5) is 0 Å². The second-order valence-corrected chi connectivity index (χ2v) is 2.00. The Morgan fingerprint density at radius 3 is 1.73 bits per heavy atom. The molecule has 1 saturated heterocycles. The highest BCUT2D eigenvalue weighted by molar-refractivity contribution is 4.88. The van der Waals surface area contributed by atoms with Gasteiger partial charge in [-0.1, -0.05) is 6.07 Å². The van der Waals surface area contributed by atoms with Crippen LogP contribution in [-0.2, 0) is 0 Å². The minimum atomic E-state index is 1.03. The zero-order valence-electron chi connectivity index (χ0n) is 6.25. The first-order chi connectivity index (χ1) is 5.50. The van der Waals surface area contributed by atoms with Crippen molar-refractivity contribution in [3.63, 3.8) is 0 Å². The van der Waals surface area contributed by atoms with E-state index in [9.17, 15) is 0 Å². The predicted molar refractivity (Wildman–Crippen MR) is 43.4 cm³/mol. The molecule has 0 aliphatic carbocycles. The number of hydrogen-bond donors (Lipinski definition) is 3. The molecule has 0 unspecified atom stereocenters. The molecule has 0 saturated carbocycles. The van der Waals surface area contributed by atoms with Crippen LogP contribution in [-0.4, -0.2) is 18.1 Å². The van der Waals surface area contributed by atoms with Gasteiger partial charge in [0.2, 0.25) is 0 Å². The number of rotatable bonds is 0. The van der Waals surface area contributed by atoms with E-state index in [4.69, 9.17) is 0 Å². The summed E-state index contributed by atoms with van der Waals surface area (Å²) < 4.78 is 0. The summed E-state index contributed by atoms with van der Waals surface area (Å²) in [5.74, 6) is 0. The predicted octanol–water partition coefficient (Wildman–Crippen LogP) is -0.320. The molecule has 0 amide bonds. The zero-order valence-corrected chi connectivity index (χ0v) is 6.25. The number of aromatic nitrogens is 1. The van der Waals surface area contributed by atoms with Crippen molar-refractivity contribution in [3.05, 3.63) is 30.6 Å². The van der Waals surface area contributed by atoms with Crippen molar-refractivity contribution >= 4 is 0 Å². The molecular weight excluding hydrogens is 140 g/mol. The third-order valence-electron chi connectivity index (χ3n) is 1.12. The number of nitrogens with zero attached hydrogens (tertiary/aromatic N) is 1. The van der Waals surface area contributed by atoms with Gasteiger partial charge in [0.1, 0.15) is 0 Å². The average molecular weight is 152 g/mol. The lowest BCUT2D eigenvalue weighted by atomic mass is 10.5. The Bertz CT molecular complexity index is 127. The normalized spacial score (nSPS) is 15.3. The Balaban J connectivity index is 0.000000112. The molecule has 2 rings (SSSR count). The zero-order chi connectivity index (χ0) is 7.78. The Kier molecular flexibility index (Phi) is 4.28. The second-order valence-electron chi connectivity index (χ2n) is 2.00. The van der Waals surface area contributed by atoms with Crippen molar-refractivity contribution in [3.8, 4) is 0 Å². The van der Waals surface area contributed by atoms with Gasteiger partial charge in [-0.15, -0.1) is 0 Å². The molecule has 4 nitrogen and oxygen atoms in total. The topological polar surface area (TPSA) is 49.0 Å². The molecule has 1 aliphatic rings. The molecule has 0 bridgehead atoms. The lowest BCUT2D eigenvalue weighted by molar-refractivity contribution is 0.592. The summed E-state index contributed by atoms with van der Waals surface area (Å²) in [5.41, 5.74) is 8.44. The van der Waals surface area contributed by atoms with Crippen LogP contribution in [0.2, 0.25) is 0 Å². The minimum Gasteiger partial charge on any atom is -0.265 e. The summed E-state index contributed by atoms with van der Waals surface area (Å²) in [6, 6.07) is 5.72. The van der Waals surface area contributed by atoms with Crippen LogP contribution in [0.15, 0.2) is 30.6 Å². The fraction of sp³-hybridized carbons (Fsp3) is 0.286. The van der Waals surface area contributed by atoms with E-state index in [1.165, 1.54) is 0 Å². The summed E-state index contributed by atoms with van der Waals surface area (Å²) in [6.07, 6.45) is 3.50. The largest absolute Gasteiger partial charge is 0.265 e. The van der Waals surface area contributed by atoms with Gasteiger partial charge in [0.15, 0.2) is 0 Å². The third kappa shape index (κ3) is 4.44. The van der Waals surface area contributed by atoms with E-state index >= 15 is 0 Å². The van der Waals surface area contributed by atoms with E-state index in [0.29, 0.717) is 0 Å². The van der Waals surface area contributed by atoms with E-state index in [1.807, 2.05) is 18.2 Å². The van der Waals surface area contributed by atoms with Crippen molar-refractivity contribution in [2.24, 2.45) is 0 Å². The fourth-order valence-electron chi connectivity index (χ4n) is 0.625. The molecule has 4 heteroatoms. The minimum absolute atomic E-state index is 1.03. The Morgan fingerprint density at radius 1 is 0.909 bits per heavy atom.